The average Bonchev–Trinajstić information content (AvgIpc) is 2.36. The van der Waals surface area contributed by atoms with Gasteiger partial charge < -0.3 is 9.47 Å². The van der Waals surface area contributed by atoms with Gasteiger partial charge in [0.1, 0.15) is 11.5 Å². The van der Waals surface area contributed by atoms with Gasteiger partial charge in [-0.15, -0.1) is 0 Å². The Balaban J connectivity index is 2.70. The number of aldehydes is 1. The van der Waals surface area contributed by atoms with Gasteiger partial charge >= 0.3 is 0 Å². The van der Waals surface area contributed by atoms with Gasteiger partial charge in [-0.05, 0) is 24.5 Å². The van der Waals surface area contributed by atoms with Crippen molar-refractivity contribution in [3.63, 3.8) is 0 Å². The van der Waals surface area contributed by atoms with Crippen LogP contribution in [-0.4, -0.2) is 20.0 Å². The van der Waals surface area contributed by atoms with Crippen LogP contribution < -0.4 is 9.47 Å². The summed E-state index contributed by atoms with van der Waals surface area (Å²) in [6.45, 7) is 4.92. The molecule has 1 atom stereocenters. The van der Waals surface area contributed by atoms with E-state index in [1.54, 1.807) is 25.3 Å². The molecule has 1 aromatic carbocycles. The van der Waals surface area contributed by atoms with E-state index in [4.69, 9.17) is 9.47 Å². The van der Waals surface area contributed by atoms with Crippen molar-refractivity contribution in [2.75, 3.05) is 13.7 Å². The van der Waals surface area contributed by atoms with Crippen molar-refractivity contribution in [3.05, 3.63) is 23.8 Å². The molecule has 1 rings (SSSR count). The monoisotopic (exact) mass is 236 g/mol. The summed E-state index contributed by atoms with van der Waals surface area (Å²) in [5.74, 6) is 1.79. The maximum atomic E-state index is 10.9. The van der Waals surface area contributed by atoms with Crippen LogP contribution in [0.1, 0.15) is 37.0 Å². The predicted octanol–water partition coefficient (Wildman–Crippen LogP) is 3.32. The van der Waals surface area contributed by atoms with Gasteiger partial charge in [0.05, 0.1) is 19.3 Å². The molecule has 3 heteroatoms. The zero-order valence-corrected chi connectivity index (χ0v) is 10.7. The molecule has 0 saturated carbocycles. The van der Waals surface area contributed by atoms with Crippen molar-refractivity contribution in [3.8, 4) is 11.5 Å². The number of hydrogen-bond acceptors (Lipinski definition) is 3. The second-order valence-corrected chi connectivity index (χ2v) is 4.23. The standard InChI is InChI=1S/C14H20O3/c1-4-5-11(2)10-17-14-8-13(16-3)7-6-12(14)9-15/h6-9,11H,4-5,10H2,1-3H3. The fourth-order valence-electron chi connectivity index (χ4n) is 1.67. The Morgan fingerprint density at radius 2 is 2.18 bits per heavy atom. The molecule has 0 aromatic heterocycles. The SMILES string of the molecule is CCCC(C)COc1cc(OC)ccc1C=O. The third-order valence-electron chi connectivity index (χ3n) is 2.65. The lowest BCUT2D eigenvalue weighted by molar-refractivity contribution is 0.111. The molecule has 1 aromatic rings. The lowest BCUT2D eigenvalue weighted by Crippen LogP contribution is -2.09. The van der Waals surface area contributed by atoms with Crippen molar-refractivity contribution >= 4 is 6.29 Å². The third kappa shape index (κ3) is 4.10. The first-order valence-corrected chi connectivity index (χ1v) is 5.97. The summed E-state index contributed by atoms with van der Waals surface area (Å²) in [6, 6.07) is 5.22. The summed E-state index contributed by atoms with van der Waals surface area (Å²) in [7, 11) is 1.60. The topological polar surface area (TPSA) is 35.5 Å². The van der Waals surface area contributed by atoms with Crippen LogP contribution in [0, 0.1) is 5.92 Å². The number of hydrogen-bond donors (Lipinski definition) is 0. The number of methoxy groups -OCH3 is 1. The molecule has 0 saturated heterocycles. The molecule has 0 bridgehead atoms. The fourth-order valence-corrected chi connectivity index (χ4v) is 1.67. The highest BCUT2D eigenvalue weighted by atomic mass is 16.5. The third-order valence-corrected chi connectivity index (χ3v) is 2.65. The van der Waals surface area contributed by atoms with Gasteiger partial charge in [0, 0.05) is 6.07 Å². The summed E-state index contributed by atoms with van der Waals surface area (Å²) in [4.78, 5) is 10.9. The number of ether oxygens (including phenoxy) is 2. The van der Waals surface area contributed by atoms with Crippen LogP contribution >= 0.6 is 0 Å². The minimum absolute atomic E-state index is 0.491. The Kier molecular flexibility index (Phi) is 5.53. The van der Waals surface area contributed by atoms with Crippen LogP contribution in [0.3, 0.4) is 0 Å². The molecular formula is C14H20O3. The molecule has 3 nitrogen and oxygen atoms in total. The van der Waals surface area contributed by atoms with E-state index in [1.807, 2.05) is 0 Å². The van der Waals surface area contributed by atoms with Gasteiger partial charge in [-0.1, -0.05) is 20.3 Å². The predicted molar refractivity (Wildman–Crippen MR) is 67.9 cm³/mol. The van der Waals surface area contributed by atoms with E-state index >= 15 is 0 Å². The summed E-state index contributed by atoms with van der Waals surface area (Å²) in [5.41, 5.74) is 0.564. The normalized spacial score (nSPS) is 11.9. The van der Waals surface area contributed by atoms with E-state index in [0.29, 0.717) is 29.6 Å². The van der Waals surface area contributed by atoms with Crippen LogP contribution in [0.15, 0.2) is 18.2 Å². The molecule has 0 spiro atoms. The van der Waals surface area contributed by atoms with E-state index in [9.17, 15) is 4.79 Å². The number of carbonyl (C=O) groups is 1. The van der Waals surface area contributed by atoms with Gasteiger partial charge in [-0.3, -0.25) is 4.79 Å². The highest BCUT2D eigenvalue weighted by molar-refractivity contribution is 5.79. The summed E-state index contributed by atoms with van der Waals surface area (Å²) < 4.78 is 10.8. The van der Waals surface area contributed by atoms with E-state index in [0.717, 1.165) is 19.1 Å². The summed E-state index contributed by atoms with van der Waals surface area (Å²) in [5, 5.41) is 0. The quantitative estimate of drug-likeness (QED) is 0.681. The highest BCUT2D eigenvalue weighted by Crippen LogP contribution is 2.24. The Hall–Kier alpha value is -1.51. The lowest BCUT2D eigenvalue weighted by Gasteiger charge is -2.14. The van der Waals surface area contributed by atoms with E-state index < -0.39 is 0 Å². The molecule has 0 heterocycles. The first kappa shape index (κ1) is 13.6. The first-order chi connectivity index (χ1) is 8.21. The second kappa shape index (κ2) is 6.94. The van der Waals surface area contributed by atoms with Gasteiger partial charge in [0.2, 0.25) is 0 Å². The van der Waals surface area contributed by atoms with Crippen molar-refractivity contribution in [2.45, 2.75) is 26.7 Å². The molecule has 0 aliphatic rings. The minimum atomic E-state index is 0.491. The smallest absolute Gasteiger partial charge is 0.153 e. The molecule has 0 amide bonds. The van der Waals surface area contributed by atoms with Gasteiger partial charge in [0.15, 0.2) is 6.29 Å². The Labute approximate surface area is 103 Å². The summed E-state index contributed by atoms with van der Waals surface area (Å²) in [6.07, 6.45) is 3.07. The maximum Gasteiger partial charge on any atom is 0.153 e. The first-order valence-electron chi connectivity index (χ1n) is 5.97. The molecule has 1 unspecified atom stereocenters. The lowest BCUT2D eigenvalue weighted by atomic mass is 10.1. The van der Waals surface area contributed by atoms with Crippen LogP contribution in [-0.2, 0) is 0 Å². The summed E-state index contributed by atoms with van der Waals surface area (Å²) >= 11 is 0. The van der Waals surface area contributed by atoms with E-state index in [1.165, 1.54) is 0 Å². The van der Waals surface area contributed by atoms with E-state index in [2.05, 4.69) is 13.8 Å². The van der Waals surface area contributed by atoms with Crippen LogP contribution in [0.5, 0.6) is 11.5 Å². The molecule has 94 valence electrons. The molecule has 0 aliphatic carbocycles. The van der Waals surface area contributed by atoms with Gasteiger partial charge in [-0.25, -0.2) is 0 Å². The Morgan fingerprint density at radius 3 is 2.76 bits per heavy atom. The van der Waals surface area contributed by atoms with Crippen LogP contribution in [0.25, 0.3) is 0 Å². The molecular weight excluding hydrogens is 216 g/mol. The number of benzene rings is 1. The number of rotatable bonds is 7. The second-order valence-electron chi connectivity index (χ2n) is 4.23. The van der Waals surface area contributed by atoms with Crippen molar-refractivity contribution in [1.29, 1.82) is 0 Å². The zero-order valence-electron chi connectivity index (χ0n) is 10.7. The molecule has 17 heavy (non-hydrogen) atoms. The number of carbonyl (C=O) groups excluding carboxylic acids is 1. The maximum absolute atomic E-state index is 10.9. The van der Waals surface area contributed by atoms with Crippen molar-refractivity contribution in [2.24, 2.45) is 5.92 Å². The minimum Gasteiger partial charge on any atom is -0.497 e. The Bertz CT molecular complexity index is 360. The Morgan fingerprint density at radius 1 is 1.41 bits per heavy atom. The molecule has 0 radical (unpaired) electrons. The fraction of sp³-hybridized carbons (Fsp3) is 0.500. The van der Waals surface area contributed by atoms with Crippen molar-refractivity contribution < 1.29 is 14.3 Å². The van der Waals surface area contributed by atoms with Gasteiger partial charge in [0.25, 0.3) is 0 Å². The average molecular weight is 236 g/mol. The van der Waals surface area contributed by atoms with E-state index in [-0.39, 0.29) is 0 Å². The molecule has 0 aliphatic heterocycles. The molecule has 0 N–H and O–H groups in total. The molecule has 0 fully saturated rings. The van der Waals surface area contributed by atoms with Crippen molar-refractivity contribution in [1.82, 2.24) is 0 Å². The largest absolute Gasteiger partial charge is 0.497 e. The zero-order chi connectivity index (χ0) is 12.7. The van der Waals surface area contributed by atoms with Crippen LogP contribution in [0.2, 0.25) is 0 Å². The van der Waals surface area contributed by atoms with Gasteiger partial charge in [-0.2, -0.15) is 0 Å². The highest BCUT2D eigenvalue weighted by Gasteiger charge is 2.07. The van der Waals surface area contributed by atoms with Crippen LogP contribution in [0.4, 0.5) is 0 Å².